The van der Waals surface area contributed by atoms with E-state index >= 15 is 0 Å². The molecule has 0 bridgehead atoms. The van der Waals surface area contributed by atoms with Crippen LogP contribution in [0.5, 0.6) is 0 Å². The second-order valence-corrected chi connectivity index (χ2v) is 5.06. The predicted octanol–water partition coefficient (Wildman–Crippen LogP) is 2.22. The Bertz CT molecular complexity index is 732. The Balaban J connectivity index is 1.97. The molecule has 19 heavy (non-hydrogen) atoms. The fourth-order valence-electron chi connectivity index (χ4n) is 1.78. The van der Waals surface area contributed by atoms with Gasteiger partial charge < -0.3 is 8.94 Å². The number of hydrogen-bond acceptors (Lipinski definition) is 6. The molecule has 0 fully saturated rings. The van der Waals surface area contributed by atoms with Crippen LogP contribution in [0.3, 0.4) is 0 Å². The van der Waals surface area contributed by atoms with Crippen LogP contribution >= 0.6 is 11.3 Å². The monoisotopic (exact) mass is 277 g/mol. The SMILES string of the molecule is Cc1noc(C)c1Cn1nc(-c2cccs2)oc1=O. The zero-order chi connectivity index (χ0) is 13.4. The fraction of sp³-hybridized carbons (Fsp3) is 0.250. The summed E-state index contributed by atoms with van der Waals surface area (Å²) in [7, 11) is 0. The van der Waals surface area contributed by atoms with Gasteiger partial charge in [-0.2, -0.15) is 4.68 Å². The van der Waals surface area contributed by atoms with Crippen LogP contribution in [0.15, 0.2) is 31.2 Å². The van der Waals surface area contributed by atoms with Crippen LogP contribution in [-0.4, -0.2) is 14.9 Å². The zero-order valence-electron chi connectivity index (χ0n) is 10.4. The van der Waals surface area contributed by atoms with Crippen molar-refractivity contribution in [2.75, 3.05) is 0 Å². The number of nitrogens with zero attached hydrogens (tertiary/aromatic N) is 3. The summed E-state index contributed by atoms with van der Waals surface area (Å²) in [6.45, 7) is 3.94. The van der Waals surface area contributed by atoms with Crippen LogP contribution in [0.2, 0.25) is 0 Å². The first-order valence-corrected chi connectivity index (χ1v) is 6.56. The predicted molar refractivity (Wildman–Crippen MR) is 69.2 cm³/mol. The van der Waals surface area contributed by atoms with Crippen LogP contribution in [0.25, 0.3) is 10.8 Å². The zero-order valence-corrected chi connectivity index (χ0v) is 11.2. The molecule has 3 rings (SSSR count). The van der Waals surface area contributed by atoms with Gasteiger partial charge in [0.1, 0.15) is 5.76 Å². The Morgan fingerprint density at radius 2 is 2.26 bits per heavy atom. The van der Waals surface area contributed by atoms with E-state index in [1.165, 1.54) is 16.0 Å². The van der Waals surface area contributed by atoms with Gasteiger partial charge in [0.05, 0.1) is 17.1 Å². The van der Waals surface area contributed by atoms with Crippen molar-refractivity contribution in [1.29, 1.82) is 0 Å². The second kappa shape index (κ2) is 4.51. The smallest absolute Gasteiger partial charge is 0.387 e. The van der Waals surface area contributed by atoms with Gasteiger partial charge in [0.25, 0.3) is 5.89 Å². The summed E-state index contributed by atoms with van der Waals surface area (Å²) in [5.41, 5.74) is 1.61. The third-order valence-electron chi connectivity index (χ3n) is 2.83. The molecule has 3 aromatic rings. The van der Waals surface area contributed by atoms with Gasteiger partial charge >= 0.3 is 5.76 Å². The number of aryl methyl sites for hydroxylation is 2. The summed E-state index contributed by atoms with van der Waals surface area (Å²) in [5.74, 6) is 0.542. The van der Waals surface area contributed by atoms with Gasteiger partial charge in [0.2, 0.25) is 0 Å². The minimum Gasteiger partial charge on any atom is -0.387 e. The average molecular weight is 277 g/mol. The minimum absolute atomic E-state index is 0.300. The third-order valence-corrected chi connectivity index (χ3v) is 3.69. The fourth-order valence-corrected chi connectivity index (χ4v) is 2.43. The highest BCUT2D eigenvalue weighted by Gasteiger charge is 2.15. The maximum Gasteiger partial charge on any atom is 0.437 e. The number of hydrogen-bond donors (Lipinski definition) is 0. The number of thiophene rings is 1. The highest BCUT2D eigenvalue weighted by Crippen LogP contribution is 2.21. The lowest BCUT2D eigenvalue weighted by Gasteiger charge is -1.96. The molecule has 0 aliphatic rings. The molecule has 0 aliphatic heterocycles. The van der Waals surface area contributed by atoms with Gasteiger partial charge in [-0.3, -0.25) is 0 Å². The van der Waals surface area contributed by atoms with E-state index in [1.807, 2.05) is 24.4 Å². The van der Waals surface area contributed by atoms with Crippen molar-refractivity contribution in [1.82, 2.24) is 14.9 Å². The summed E-state index contributed by atoms with van der Waals surface area (Å²) in [5, 5.41) is 9.95. The highest BCUT2D eigenvalue weighted by molar-refractivity contribution is 7.13. The van der Waals surface area contributed by atoms with Crippen molar-refractivity contribution in [3.05, 3.63) is 45.1 Å². The summed E-state index contributed by atoms with van der Waals surface area (Å²) >= 11 is 1.47. The lowest BCUT2D eigenvalue weighted by Crippen LogP contribution is -2.17. The summed E-state index contributed by atoms with van der Waals surface area (Å²) < 4.78 is 11.5. The van der Waals surface area contributed by atoms with Crippen molar-refractivity contribution < 1.29 is 8.94 Å². The first kappa shape index (κ1) is 11.9. The van der Waals surface area contributed by atoms with Crippen LogP contribution < -0.4 is 5.76 Å². The van der Waals surface area contributed by atoms with E-state index in [0.29, 0.717) is 18.2 Å². The first-order valence-electron chi connectivity index (χ1n) is 5.68. The molecule has 0 saturated heterocycles. The Kier molecular flexibility index (Phi) is 2.83. The molecule has 0 aromatic carbocycles. The quantitative estimate of drug-likeness (QED) is 0.733. The summed E-state index contributed by atoms with van der Waals surface area (Å²) in [6.07, 6.45) is 0. The maximum absolute atomic E-state index is 11.8. The van der Waals surface area contributed by atoms with Gasteiger partial charge in [-0.15, -0.1) is 16.4 Å². The molecule has 0 N–H and O–H groups in total. The lowest BCUT2D eigenvalue weighted by molar-refractivity contribution is 0.391. The van der Waals surface area contributed by atoms with Crippen molar-refractivity contribution >= 4 is 11.3 Å². The van der Waals surface area contributed by atoms with E-state index in [-0.39, 0.29) is 0 Å². The summed E-state index contributed by atoms with van der Waals surface area (Å²) in [6, 6.07) is 3.74. The maximum atomic E-state index is 11.8. The van der Waals surface area contributed by atoms with Gasteiger partial charge in [0.15, 0.2) is 0 Å². The molecule has 0 amide bonds. The molecule has 0 spiro atoms. The standard InChI is InChI=1S/C12H11N3O3S/c1-7-9(8(2)18-14-7)6-15-12(16)17-11(13-15)10-4-3-5-19-10/h3-5H,6H2,1-2H3. The largest absolute Gasteiger partial charge is 0.437 e. The van der Waals surface area contributed by atoms with E-state index in [4.69, 9.17) is 8.94 Å². The minimum atomic E-state index is -0.483. The molecule has 0 atom stereocenters. The molecule has 98 valence electrons. The van der Waals surface area contributed by atoms with Crippen molar-refractivity contribution in [3.63, 3.8) is 0 Å². The molecule has 0 unspecified atom stereocenters. The number of rotatable bonds is 3. The van der Waals surface area contributed by atoms with Crippen molar-refractivity contribution in [3.8, 4) is 10.8 Å². The topological polar surface area (TPSA) is 74.1 Å². The Morgan fingerprint density at radius 1 is 1.42 bits per heavy atom. The van der Waals surface area contributed by atoms with Crippen molar-refractivity contribution in [2.45, 2.75) is 20.4 Å². The van der Waals surface area contributed by atoms with Gasteiger partial charge in [-0.25, -0.2) is 4.79 Å². The molecule has 6 nitrogen and oxygen atoms in total. The van der Waals surface area contributed by atoms with E-state index in [9.17, 15) is 4.79 Å². The normalized spacial score (nSPS) is 11.1. The van der Waals surface area contributed by atoms with Crippen LogP contribution in [-0.2, 0) is 6.54 Å². The average Bonchev–Trinajstić information content (AvgIpc) is 3.07. The molecule has 3 heterocycles. The Labute approximate surface area is 112 Å². The van der Waals surface area contributed by atoms with Gasteiger partial charge in [-0.1, -0.05) is 11.2 Å². The van der Waals surface area contributed by atoms with E-state index < -0.39 is 5.76 Å². The molecular weight excluding hydrogens is 266 g/mol. The third kappa shape index (κ3) is 2.12. The molecular formula is C12H11N3O3S. The van der Waals surface area contributed by atoms with Crippen molar-refractivity contribution in [2.24, 2.45) is 0 Å². The molecule has 0 saturated carbocycles. The van der Waals surface area contributed by atoms with Crippen LogP contribution in [0, 0.1) is 13.8 Å². The lowest BCUT2D eigenvalue weighted by atomic mass is 10.2. The second-order valence-electron chi connectivity index (χ2n) is 4.11. The van der Waals surface area contributed by atoms with Gasteiger partial charge in [-0.05, 0) is 25.3 Å². The van der Waals surface area contributed by atoms with E-state index in [2.05, 4.69) is 10.3 Å². The van der Waals surface area contributed by atoms with Crippen LogP contribution in [0.1, 0.15) is 17.0 Å². The number of aromatic nitrogens is 3. The van der Waals surface area contributed by atoms with Crippen LogP contribution in [0.4, 0.5) is 0 Å². The van der Waals surface area contributed by atoms with Gasteiger partial charge in [0, 0.05) is 5.56 Å². The Morgan fingerprint density at radius 3 is 2.89 bits per heavy atom. The first-order chi connectivity index (χ1) is 9.15. The molecule has 3 aromatic heterocycles. The molecule has 0 aliphatic carbocycles. The molecule has 0 radical (unpaired) electrons. The van der Waals surface area contributed by atoms with E-state index in [0.717, 1.165) is 16.1 Å². The Hall–Kier alpha value is -2.15. The van der Waals surface area contributed by atoms with E-state index in [1.54, 1.807) is 6.92 Å². The highest BCUT2D eigenvalue weighted by atomic mass is 32.1. The summed E-state index contributed by atoms with van der Waals surface area (Å²) in [4.78, 5) is 12.6. The molecule has 7 heteroatoms.